The number of hydrogen-bond donors (Lipinski definition) is 1. The first-order valence-electron chi connectivity index (χ1n) is 6.77. The van der Waals surface area contributed by atoms with Gasteiger partial charge in [-0.05, 0) is 19.3 Å². The highest BCUT2D eigenvalue weighted by atomic mass is 16.4. The molecule has 100 valence electrons. The molecule has 0 amide bonds. The fourth-order valence-electron chi connectivity index (χ4n) is 1.88. The first-order valence-corrected chi connectivity index (χ1v) is 6.77. The average molecular weight is 239 g/mol. The van der Waals surface area contributed by atoms with Crippen LogP contribution in [-0.2, 0) is 0 Å². The van der Waals surface area contributed by atoms with Gasteiger partial charge in [-0.25, -0.2) is 0 Å². The highest BCUT2D eigenvalue weighted by Crippen LogP contribution is 2.31. The van der Waals surface area contributed by atoms with E-state index in [4.69, 9.17) is 0 Å². The summed E-state index contributed by atoms with van der Waals surface area (Å²) in [5, 5.41) is 12.8. The van der Waals surface area contributed by atoms with Gasteiger partial charge in [-0.2, -0.15) is 0 Å². The number of nitrogens with zero attached hydrogens (tertiary/aromatic N) is 1. The van der Waals surface area contributed by atoms with E-state index in [2.05, 4.69) is 39.4 Å². The molecule has 0 aliphatic heterocycles. The van der Waals surface area contributed by atoms with Crippen molar-refractivity contribution in [1.29, 1.82) is 0 Å². The minimum Gasteiger partial charge on any atom is -0.411 e. The van der Waals surface area contributed by atoms with Gasteiger partial charge in [-0.15, -0.1) is 0 Å². The summed E-state index contributed by atoms with van der Waals surface area (Å²) in [7, 11) is 0. The van der Waals surface area contributed by atoms with Crippen molar-refractivity contribution in [1.82, 2.24) is 0 Å². The minimum absolute atomic E-state index is 0.200. The summed E-state index contributed by atoms with van der Waals surface area (Å²) in [6.45, 7) is 14.6. The van der Waals surface area contributed by atoms with E-state index in [1.807, 2.05) is 6.92 Å². The van der Waals surface area contributed by atoms with E-state index in [0.717, 1.165) is 24.1 Å². The van der Waals surface area contributed by atoms with Crippen LogP contribution in [0.25, 0.3) is 0 Å². The molecule has 0 aromatic rings. The van der Waals surface area contributed by atoms with Gasteiger partial charge in [0.1, 0.15) is 0 Å². The van der Waals surface area contributed by atoms with Gasteiger partial charge in [-0.1, -0.05) is 70.7 Å². The molecule has 0 radical (unpaired) electrons. The zero-order valence-electron chi connectivity index (χ0n) is 12.2. The normalized spacial score (nSPS) is 14.8. The average Bonchev–Trinajstić information content (AvgIpc) is 2.29. The fraction of sp³-hybridized carbons (Fsp3) is 0.800. The van der Waals surface area contributed by atoms with Crippen LogP contribution in [0.3, 0.4) is 0 Å². The molecule has 0 aromatic carbocycles. The minimum atomic E-state index is -0.200. The van der Waals surface area contributed by atoms with Gasteiger partial charge >= 0.3 is 0 Å². The maximum absolute atomic E-state index is 9.23. The second-order valence-electron chi connectivity index (χ2n) is 5.57. The number of hydrogen-bond acceptors (Lipinski definition) is 2. The molecule has 0 spiro atoms. The lowest BCUT2D eigenvalue weighted by molar-refractivity contribution is 0.306. The quantitative estimate of drug-likeness (QED) is 0.274. The maximum Gasteiger partial charge on any atom is 0.0669 e. The van der Waals surface area contributed by atoms with E-state index in [1.165, 1.54) is 19.3 Å². The van der Waals surface area contributed by atoms with Crippen LogP contribution in [-0.4, -0.2) is 10.9 Å². The Kier molecular flexibility index (Phi) is 7.17. The van der Waals surface area contributed by atoms with E-state index in [1.54, 1.807) is 0 Å². The second-order valence-corrected chi connectivity index (χ2v) is 5.57. The van der Waals surface area contributed by atoms with E-state index in [0.29, 0.717) is 5.92 Å². The Labute approximate surface area is 107 Å². The van der Waals surface area contributed by atoms with Gasteiger partial charge in [0, 0.05) is 5.41 Å². The predicted molar refractivity (Wildman–Crippen MR) is 75.7 cm³/mol. The summed E-state index contributed by atoms with van der Waals surface area (Å²) < 4.78 is 0. The van der Waals surface area contributed by atoms with Crippen molar-refractivity contribution < 1.29 is 5.21 Å². The fourth-order valence-corrected chi connectivity index (χ4v) is 1.88. The number of rotatable bonds is 8. The van der Waals surface area contributed by atoms with E-state index < -0.39 is 0 Å². The van der Waals surface area contributed by atoms with Crippen molar-refractivity contribution in [3.8, 4) is 0 Å². The van der Waals surface area contributed by atoms with E-state index in [-0.39, 0.29) is 5.41 Å². The number of oxime groups is 1. The Morgan fingerprint density at radius 1 is 1.35 bits per heavy atom. The van der Waals surface area contributed by atoms with E-state index in [9.17, 15) is 5.21 Å². The monoisotopic (exact) mass is 239 g/mol. The highest BCUT2D eigenvalue weighted by molar-refractivity contribution is 5.91. The molecule has 1 unspecified atom stereocenters. The summed E-state index contributed by atoms with van der Waals surface area (Å²) in [6, 6.07) is 0. The molecule has 0 bridgehead atoms. The molecule has 0 aliphatic rings. The van der Waals surface area contributed by atoms with Gasteiger partial charge in [0.05, 0.1) is 5.71 Å². The highest BCUT2D eigenvalue weighted by Gasteiger charge is 2.28. The van der Waals surface area contributed by atoms with Crippen LogP contribution in [0.5, 0.6) is 0 Å². The zero-order valence-corrected chi connectivity index (χ0v) is 12.2. The van der Waals surface area contributed by atoms with Gasteiger partial charge in [0.2, 0.25) is 0 Å². The molecule has 0 heterocycles. The van der Waals surface area contributed by atoms with Gasteiger partial charge in [0.25, 0.3) is 0 Å². The Hall–Kier alpha value is -0.790. The van der Waals surface area contributed by atoms with Gasteiger partial charge in [-0.3, -0.25) is 0 Å². The van der Waals surface area contributed by atoms with Crippen molar-refractivity contribution in [3.63, 3.8) is 0 Å². The van der Waals surface area contributed by atoms with Crippen molar-refractivity contribution >= 4 is 5.71 Å². The molecule has 1 N–H and O–H groups in total. The molecule has 0 saturated carbocycles. The zero-order chi connectivity index (χ0) is 13.5. The SMILES string of the molecule is C=C(C)C(C)(C)/C(CC(CC)CCCC)=N/O. The van der Waals surface area contributed by atoms with Crippen LogP contribution in [0.2, 0.25) is 0 Å². The number of allylic oxidation sites excluding steroid dienone is 1. The molecule has 2 nitrogen and oxygen atoms in total. The van der Waals surface area contributed by atoms with Crippen LogP contribution in [0.4, 0.5) is 0 Å². The molecule has 0 rings (SSSR count). The first kappa shape index (κ1) is 16.2. The molecule has 0 saturated heterocycles. The summed E-state index contributed by atoms with van der Waals surface area (Å²) >= 11 is 0. The standard InChI is InChI=1S/C15H29NO/c1-7-9-10-13(8-2)11-14(16-17)15(5,6)12(3)4/h13,17H,3,7-11H2,1-2,4-6H3/b16-14+. The second kappa shape index (κ2) is 7.52. The lowest BCUT2D eigenvalue weighted by Gasteiger charge is -2.28. The third kappa shape index (κ3) is 4.93. The molecule has 0 aromatic heterocycles. The molecule has 17 heavy (non-hydrogen) atoms. The topological polar surface area (TPSA) is 32.6 Å². The largest absolute Gasteiger partial charge is 0.411 e. The Balaban J connectivity index is 4.64. The molecular formula is C15H29NO. The third-order valence-electron chi connectivity index (χ3n) is 3.93. The van der Waals surface area contributed by atoms with Crippen LogP contribution < -0.4 is 0 Å². The summed E-state index contributed by atoms with van der Waals surface area (Å²) in [5.41, 5.74) is 1.72. The molecule has 1 atom stereocenters. The van der Waals surface area contributed by atoms with Crippen LogP contribution in [0.15, 0.2) is 17.3 Å². The lowest BCUT2D eigenvalue weighted by Crippen LogP contribution is -2.27. The lowest BCUT2D eigenvalue weighted by atomic mass is 9.76. The Bertz CT molecular complexity index is 266. The molecular weight excluding hydrogens is 210 g/mol. The van der Waals surface area contributed by atoms with Crippen LogP contribution in [0.1, 0.15) is 66.7 Å². The van der Waals surface area contributed by atoms with Crippen LogP contribution >= 0.6 is 0 Å². The molecule has 0 aliphatic carbocycles. The van der Waals surface area contributed by atoms with Crippen molar-refractivity contribution in [3.05, 3.63) is 12.2 Å². The third-order valence-corrected chi connectivity index (χ3v) is 3.93. The summed E-state index contributed by atoms with van der Waals surface area (Å²) in [4.78, 5) is 0. The van der Waals surface area contributed by atoms with Crippen molar-refractivity contribution in [2.75, 3.05) is 0 Å². The van der Waals surface area contributed by atoms with Gasteiger partial charge < -0.3 is 5.21 Å². The van der Waals surface area contributed by atoms with Gasteiger partial charge in [0.15, 0.2) is 0 Å². The Morgan fingerprint density at radius 3 is 2.29 bits per heavy atom. The van der Waals surface area contributed by atoms with E-state index >= 15 is 0 Å². The molecule has 2 heteroatoms. The predicted octanol–water partition coefficient (Wildman–Crippen LogP) is 5.03. The summed E-state index contributed by atoms with van der Waals surface area (Å²) in [6.07, 6.45) is 5.73. The smallest absolute Gasteiger partial charge is 0.0669 e. The number of unbranched alkanes of at least 4 members (excludes halogenated alkanes) is 1. The Morgan fingerprint density at radius 2 is 1.94 bits per heavy atom. The van der Waals surface area contributed by atoms with Crippen molar-refractivity contribution in [2.24, 2.45) is 16.5 Å². The maximum atomic E-state index is 9.23. The first-order chi connectivity index (χ1) is 7.89. The van der Waals surface area contributed by atoms with Crippen molar-refractivity contribution in [2.45, 2.75) is 66.7 Å². The molecule has 0 fully saturated rings. The van der Waals surface area contributed by atoms with Crippen LogP contribution in [0, 0.1) is 11.3 Å². The summed E-state index contributed by atoms with van der Waals surface area (Å²) in [5.74, 6) is 0.625.